The lowest BCUT2D eigenvalue weighted by atomic mass is 10.1. The molecular formula is C21H18N4O2. The van der Waals surface area contributed by atoms with Gasteiger partial charge in [-0.1, -0.05) is 36.4 Å². The fourth-order valence-corrected chi connectivity index (χ4v) is 3.13. The number of hydrogen-bond donors (Lipinski definition) is 0. The molecule has 4 aromatic rings. The van der Waals surface area contributed by atoms with Gasteiger partial charge in [0.2, 0.25) is 0 Å². The summed E-state index contributed by atoms with van der Waals surface area (Å²) in [7, 11) is 0. The standard InChI is InChI=1S/C21H18N4O2/c26-20-19-18(10-6-13-23-19)25(15-17-9-4-5-12-22-17)21(27)24(20)14-11-16-7-2-1-3-8-16/h1-10,12-13H,11,14-15H2. The molecule has 1 aromatic carbocycles. The Morgan fingerprint density at radius 2 is 1.56 bits per heavy atom. The monoisotopic (exact) mass is 358 g/mol. The molecule has 0 bridgehead atoms. The summed E-state index contributed by atoms with van der Waals surface area (Å²) in [5.41, 5.74) is 1.93. The van der Waals surface area contributed by atoms with Gasteiger partial charge in [0.25, 0.3) is 5.56 Å². The van der Waals surface area contributed by atoms with Crippen LogP contribution in [0.15, 0.2) is 82.6 Å². The van der Waals surface area contributed by atoms with Crippen LogP contribution >= 0.6 is 0 Å². The van der Waals surface area contributed by atoms with E-state index in [4.69, 9.17) is 0 Å². The molecule has 4 rings (SSSR count). The molecule has 0 N–H and O–H groups in total. The highest BCUT2D eigenvalue weighted by molar-refractivity contribution is 5.73. The molecule has 0 spiro atoms. The Labute approximate surface area is 155 Å². The van der Waals surface area contributed by atoms with Gasteiger partial charge in [-0.2, -0.15) is 0 Å². The molecule has 0 amide bonds. The van der Waals surface area contributed by atoms with Crippen LogP contribution in [0.2, 0.25) is 0 Å². The normalized spacial score (nSPS) is 11.0. The van der Waals surface area contributed by atoms with Gasteiger partial charge in [0.15, 0.2) is 5.52 Å². The van der Waals surface area contributed by atoms with Crippen molar-refractivity contribution in [1.82, 2.24) is 19.1 Å². The first-order chi connectivity index (χ1) is 13.2. The Balaban J connectivity index is 1.81. The fraction of sp³-hybridized carbons (Fsp3) is 0.143. The summed E-state index contributed by atoms with van der Waals surface area (Å²) < 4.78 is 2.84. The summed E-state index contributed by atoms with van der Waals surface area (Å²) in [6, 6.07) is 18.8. The van der Waals surface area contributed by atoms with Crippen LogP contribution in [0.5, 0.6) is 0 Å². The molecule has 0 atom stereocenters. The Kier molecular flexibility index (Phi) is 4.61. The van der Waals surface area contributed by atoms with E-state index in [1.807, 2.05) is 48.5 Å². The van der Waals surface area contributed by atoms with Crippen LogP contribution in [0.3, 0.4) is 0 Å². The molecule has 0 aliphatic heterocycles. The Hall–Kier alpha value is -3.54. The highest BCUT2D eigenvalue weighted by atomic mass is 16.2. The topological polar surface area (TPSA) is 69.8 Å². The quantitative estimate of drug-likeness (QED) is 0.549. The second-order valence-electron chi connectivity index (χ2n) is 6.25. The number of benzene rings is 1. The zero-order chi connectivity index (χ0) is 18.6. The van der Waals surface area contributed by atoms with Gasteiger partial charge in [-0.05, 0) is 36.2 Å². The van der Waals surface area contributed by atoms with Crippen molar-refractivity contribution < 1.29 is 0 Å². The molecule has 134 valence electrons. The average Bonchev–Trinajstić information content (AvgIpc) is 2.72. The minimum absolute atomic E-state index is 0.285. The maximum absolute atomic E-state index is 13.1. The highest BCUT2D eigenvalue weighted by Gasteiger charge is 2.14. The second-order valence-corrected chi connectivity index (χ2v) is 6.25. The lowest BCUT2D eigenvalue weighted by molar-refractivity contribution is 0.585. The molecule has 0 fully saturated rings. The smallest absolute Gasteiger partial charge is 0.286 e. The Morgan fingerprint density at radius 3 is 2.33 bits per heavy atom. The molecule has 3 heterocycles. The molecule has 27 heavy (non-hydrogen) atoms. The number of nitrogens with zero attached hydrogens (tertiary/aromatic N) is 4. The molecule has 0 saturated heterocycles. The van der Waals surface area contributed by atoms with Gasteiger partial charge < -0.3 is 0 Å². The molecule has 0 saturated carbocycles. The molecule has 3 aromatic heterocycles. The Morgan fingerprint density at radius 1 is 0.778 bits per heavy atom. The lowest BCUT2D eigenvalue weighted by Crippen LogP contribution is -2.41. The van der Waals surface area contributed by atoms with Gasteiger partial charge in [-0.15, -0.1) is 0 Å². The predicted octanol–water partition coefficient (Wildman–Crippen LogP) is 2.24. The van der Waals surface area contributed by atoms with E-state index in [1.54, 1.807) is 29.1 Å². The average molecular weight is 358 g/mol. The van der Waals surface area contributed by atoms with Crippen molar-refractivity contribution in [3.8, 4) is 0 Å². The molecule has 0 aliphatic rings. The third-order valence-electron chi connectivity index (χ3n) is 4.50. The molecule has 6 heteroatoms. The van der Waals surface area contributed by atoms with Gasteiger partial charge in [0, 0.05) is 18.9 Å². The maximum Gasteiger partial charge on any atom is 0.331 e. The zero-order valence-corrected chi connectivity index (χ0v) is 14.7. The highest BCUT2D eigenvalue weighted by Crippen LogP contribution is 2.07. The summed E-state index contributed by atoms with van der Waals surface area (Å²) in [5, 5.41) is 0. The van der Waals surface area contributed by atoms with E-state index in [9.17, 15) is 9.59 Å². The fourth-order valence-electron chi connectivity index (χ4n) is 3.13. The third kappa shape index (κ3) is 3.42. The number of hydrogen-bond acceptors (Lipinski definition) is 4. The molecule has 6 nitrogen and oxygen atoms in total. The second kappa shape index (κ2) is 7.37. The van der Waals surface area contributed by atoms with Crippen molar-refractivity contribution in [3.05, 3.63) is 105 Å². The van der Waals surface area contributed by atoms with Crippen LogP contribution < -0.4 is 11.2 Å². The van der Waals surface area contributed by atoms with Crippen LogP contribution in [-0.2, 0) is 19.5 Å². The maximum atomic E-state index is 13.1. The molecule has 0 radical (unpaired) electrons. The first kappa shape index (κ1) is 16.9. The summed E-state index contributed by atoms with van der Waals surface area (Å²) in [6.07, 6.45) is 3.85. The molecular weight excluding hydrogens is 340 g/mol. The van der Waals surface area contributed by atoms with Gasteiger partial charge in [-0.25, -0.2) is 9.78 Å². The first-order valence-corrected chi connectivity index (χ1v) is 8.76. The van der Waals surface area contributed by atoms with Gasteiger partial charge in [0.1, 0.15) is 0 Å². The SMILES string of the molecule is O=c1c2ncccc2n(Cc2ccccn2)c(=O)n1CCc1ccccc1. The van der Waals surface area contributed by atoms with Crippen molar-refractivity contribution in [1.29, 1.82) is 0 Å². The number of rotatable bonds is 5. The van der Waals surface area contributed by atoms with E-state index in [2.05, 4.69) is 9.97 Å². The zero-order valence-electron chi connectivity index (χ0n) is 14.7. The number of fused-ring (bicyclic) bond motifs is 1. The van der Waals surface area contributed by atoms with Crippen molar-refractivity contribution in [2.24, 2.45) is 0 Å². The predicted molar refractivity (Wildman–Crippen MR) is 104 cm³/mol. The first-order valence-electron chi connectivity index (χ1n) is 8.76. The van der Waals surface area contributed by atoms with E-state index in [1.165, 1.54) is 4.57 Å². The van der Waals surface area contributed by atoms with Crippen LogP contribution in [0, 0.1) is 0 Å². The summed E-state index contributed by atoms with van der Waals surface area (Å²) in [5.74, 6) is 0. The summed E-state index contributed by atoms with van der Waals surface area (Å²) >= 11 is 0. The summed E-state index contributed by atoms with van der Waals surface area (Å²) in [4.78, 5) is 34.5. The van der Waals surface area contributed by atoms with Gasteiger partial charge in [0.05, 0.1) is 17.8 Å². The van der Waals surface area contributed by atoms with Crippen molar-refractivity contribution >= 4 is 11.0 Å². The van der Waals surface area contributed by atoms with Crippen molar-refractivity contribution in [2.45, 2.75) is 19.5 Å². The van der Waals surface area contributed by atoms with E-state index < -0.39 is 0 Å². The van der Waals surface area contributed by atoms with Crippen LogP contribution in [-0.4, -0.2) is 19.1 Å². The van der Waals surface area contributed by atoms with Crippen molar-refractivity contribution in [3.63, 3.8) is 0 Å². The van der Waals surface area contributed by atoms with Crippen LogP contribution in [0.4, 0.5) is 0 Å². The van der Waals surface area contributed by atoms with E-state index in [-0.39, 0.29) is 17.8 Å². The Bertz CT molecular complexity index is 1180. The van der Waals surface area contributed by atoms with E-state index in [0.717, 1.165) is 11.3 Å². The van der Waals surface area contributed by atoms with E-state index in [0.29, 0.717) is 24.0 Å². The molecule has 0 unspecified atom stereocenters. The van der Waals surface area contributed by atoms with Crippen molar-refractivity contribution in [2.75, 3.05) is 0 Å². The summed E-state index contributed by atoms with van der Waals surface area (Å²) in [6.45, 7) is 0.587. The third-order valence-corrected chi connectivity index (χ3v) is 4.50. The van der Waals surface area contributed by atoms with Gasteiger partial charge in [-0.3, -0.25) is 18.9 Å². The van der Waals surface area contributed by atoms with Gasteiger partial charge >= 0.3 is 5.69 Å². The van der Waals surface area contributed by atoms with E-state index >= 15 is 0 Å². The number of aromatic nitrogens is 4. The number of pyridine rings is 2. The van der Waals surface area contributed by atoms with Crippen LogP contribution in [0.1, 0.15) is 11.3 Å². The lowest BCUT2D eigenvalue weighted by Gasteiger charge is -2.13. The molecule has 0 aliphatic carbocycles. The minimum Gasteiger partial charge on any atom is -0.286 e. The minimum atomic E-state index is -0.358. The number of aryl methyl sites for hydroxylation is 1. The largest absolute Gasteiger partial charge is 0.331 e. The van der Waals surface area contributed by atoms with Crippen LogP contribution in [0.25, 0.3) is 11.0 Å².